The highest BCUT2D eigenvalue weighted by Gasteiger charge is 2.15. The van der Waals surface area contributed by atoms with Gasteiger partial charge in [-0.2, -0.15) is 0 Å². The van der Waals surface area contributed by atoms with Crippen molar-refractivity contribution in [2.75, 3.05) is 18.6 Å². The number of nitrogens with two attached hydrogens (primary N) is 1. The Hall–Kier alpha value is -0.660. The third-order valence-corrected chi connectivity index (χ3v) is 2.69. The topological polar surface area (TPSA) is 109 Å². The lowest BCUT2D eigenvalue weighted by atomic mass is 10.2. The molecule has 0 bridgehead atoms. The van der Waals surface area contributed by atoms with Gasteiger partial charge >= 0.3 is 0 Å². The standard InChI is InChI=1S/C8H18N2O4S/c1-6(11)5-10-8(12)7(9)3-4-15(2,13)14/h6-7,11H,3-5,9H2,1-2H3,(H,10,12)/t6-,7?/m1/s1. The van der Waals surface area contributed by atoms with Crippen LogP contribution < -0.4 is 11.1 Å². The average Bonchev–Trinajstić information content (AvgIpc) is 2.08. The lowest BCUT2D eigenvalue weighted by molar-refractivity contribution is -0.122. The van der Waals surface area contributed by atoms with Gasteiger partial charge in [-0.15, -0.1) is 0 Å². The molecule has 0 aromatic rings. The van der Waals surface area contributed by atoms with Gasteiger partial charge in [0.05, 0.1) is 17.9 Å². The molecule has 0 aromatic heterocycles. The van der Waals surface area contributed by atoms with E-state index in [9.17, 15) is 13.2 Å². The van der Waals surface area contributed by atoms with Gasteiger partial charge in [-0.25, -0.2) is 8.42 Å². The highest BCUT2D eigenvalue weighted by Crippen LogP contribution is 1.94. The van der Waals surface area contributed by atoms with E-state index in [1.165, 1.54) is 6.92 Å². The molecule has 6 nitrogen and oxygen atoms in total. The smallest absolute Gasteiger partial charge is 0.237 e. The van der Waals surface area contributed by atoms with Gasteiger partial charge in [-0.3, -0.25) is 4.79 Å². The SMILES string of the molecule is C[C@@H](O)CNC(=O)C(N)CCS(C)(=O)=O. The van der Waals surface area contributed by atoms with Crippen molar-refractivity contribution in [2.45, 2.75) is 25.5 Å². The number of rotatable bonds is 6. The Bertz CT molecular complexity index is 300. The predicted octanol–water partition coefficient (Wildman–Crippen LogP) is -1.75. The van der Waals surface area contributed by atoms with Crippen LogP contribution in [0.4, 0.5) is 0 Å². The van der Waals surface area contributed by atoms with Gasteiger partial charge in [0.1, 0.15) is 9.84 Å². The van der Waals surface area contributed by atoms with Gasteiger partial charge in [0.25, 0.3) is 0 Å². The Balaban J connectivity index is 3.90. The molecule has 0 heterocycles. The number of hydrogen-bond acceptors (Lipinski definition) is 5. The van der Waals surface area contributed by atoms with Gasteiger partial charge in [-0.1, -0.05) is 0 Å². The van der Waals surface area contributed by atoms with Crippen LogP contribution in [0.5, 0.6) is 0 Å². The molecule has 0 rings (SSSR count). The van der Waals surface area contributed by atoms with Crippen molar-refractivity contribution in [1.29, 1.82) is 0 Å². The molecule has 1 unspecified atom stereocenters. The summed E-state index contributed by atoms with van der Waals surface area (Å²) in [4.78, 5) is 11.2. The van der Waals surface area contributed by atoms with E-state index in [1.807, 2.05) is 0 Å². The van der Waals surface area contributed by atoms with Crippen LogP contribution in [0.15, 0.2) is 0 Å². The van der Waals surface area contributed by atoms with Crippen molar-refractivity contribution < 1.29 is 18.3 Å². The maximum atomic E-state index is 11.2. The van der Waals surface area contributed by atoms with Crippen LogP contribution in [0.1, 0.15) is 13.3 Å². The largest absolute Gasteiger partial charge is 0.392 e. The quantitative estimate of drug-likeness (QED) is 0.508. The summed E-state index contributed by atoms with van der Waals surface area (Å²) < 4.78 is 21.6. The number of amides is 1. The van der Waals surface area contributed by atoms with Crippen LogP contribution in [0.2, 0.25) is 0 Å². The molecule has 0 aliphatic rings. The number of aliphatic hydroxyl groups excluding tert-OH is 1. The lowest BCUT2D eigenvalue weighted by Crippen LogP contribution is -2.43. The third-order valence-electron chi connectivity index (χ3n) is 1.71. The Kier molecular flexibility index (Phi) is 5.77. The van der Waals surface area contributed by atoms with E-state index in [0.717, 1.165) is 6.26 Å². The minimum atomic E-state index is -3.09. The third kappa shape index (κ3) is 8.34. The molecular weight excluding hydrogens is 220 g/mol. The first-order valence-corrected chi connectivity index (χ1v) is 6.67. The highest BCUT2D eigenvalue weighted by molar-refractivity contribution is 7.90. The van der Waals surface area contributed by atoms with E-state index in [0.29, 0.717) is 0 Å². The number of carbonyl (C=O) groups is 1. The number of nitrogens with one attached hydrogen (secondary N) is 1. The minimum absolute atomic E-state index is 0.0878. The fourth-order valence-corrected chi connectivity index (χ4v) is 1.53. The second-order valence-corrected chi connectivity index (χ2v) is 5.88. The first kappa shape index (κ1) is 14.3. The van der Waals surface area contributed by atoms with Gasteiger partial charge < -0.3 is 16.2 Å². The Morgan fingerprint density at radius 1 is 1.53 bits per heavy atom. The zero-order valence-electron chi connectivity index (χ0n) is 8.93. The Morgan fingerprint density at radius 2 is 2.07 bits per heavy atom. The van der Waals surface area contributed by atoms with Crippen LogP contribution in [-0.4, -0.2) is 50.1 Å². The van der Waals surface area contributed by atoms with E-state index in [2.05, 4.69) is 5.32 Å². The maximum Gasteiger partial charge on any atom is 0.237 e. The lowest BCUT2D eigenvalue weighted by Gasteiger charge is -2.12. The summed E-state index contributed by atoms with van der Waals surface area (Å²) in [6.45, 7) is 1.65. The highest BCUT2D eigenvalue weighted by atomic mass is 32.2. The van der Waals surface area contributed by atoms with Crippen molar-refractivity contribution in [1.82, 2.24) is 5.32 Å². The fraction of sp³-hybridized carbons (Fsp3) is 0.875. The molecule has 0 saturated carbocycles. The van der Waals surface area contributed by atoms with Crippen molar-refractivity contribution in [2.24, 2.45) is 5.73 Å². The molecule has 0 spiro atoms. The summed E-state index contributed by atoms with van der Waals surface area (Å²) in [6, 6.07) is -0.849. The molecule has 4 N–H and O–H groups in total. The summed E-state index contributed by atoms with van der Waals surface area (Å²) in [5.74, 6) is -0.560. The van der Waals surface area contributed by atoms with E-state index < -0.39 is 27.9 Å². The van der Waals surface area contributed by atoms with Crippen molar-refractivity contribution >= 4 is 15.7 Å². The van der Waals surface area contributed by atoms with Crippen molar-refractivity contribution in [3.63, 3.8) is 0 Å². The molecular formula is C8H18N2O4S. The first-order chi connectivity index (χ1) is 6.72. The average molecular weight is 238 g/mol. The molecule has 0 saturated heterocycles. The molecule has 1 amide bonds. The summed E-state index contributed by atoms with van der Waals surface area (Å²) in [7, 11) is -3.09. The van der Waals surface area contributed by atoms with E-state index in [4.69, 9.17) is 10.8 Å². The molecule has 0 aliphatic heterocycles. The van der Waals surface area contributed by atoms with E-state index in [-0.39, 0.29) is 18.7 Å². The molecule has 0 aliphatic carbocycles. The molecule has 15 heavy (non-hydrogen) atoms. The van der Waals surface area contributed by atoms with Crippen LogP contribution in [0.3, 0.4) is 0 Å². The van der Waals surface area contributed by atoms with Crippen LogP contribution in [-0.2, 0) is 14.6 Å². The summed E-state index contributed by atoms with van der Waals surface area (Å²) in [5, 5.41) is 11.3. The number of carbonyl (C=O) groups excluding carboxylic acids is 1. The zero-order valence-corrected chi connectivity index (χ0v) is 9.75. The van der Waals surface area contributed by atoms with Crippen molar-refractivity contribution in [3.8, 4) is 0 Å². The second-order valence-electron chi connectivity index (χ2n) is 3.62. The normalized spacial score (nSPS) is 15.7. The molecule has 0 radical (unpaired) electrons. The molecule has 0 fully saturated rings. The van der Waals surface area contributed by atoms with Gasteiger partial charge in [0, 0.05) is 12.8 Å². The van der Waals surface area contributed by atoms with Gasteiger partial charge in [0.2, 0.25) is 5.91 Å². The van der Waals surface area contributed by atoms with Crippen LogP contribution in [0.25, 0.3) is 0 Å². The van der Waals surface area contributed by atoms with E-state index >= 15 is 0 Å². The van der Waals surface area contributed by atoms with Crippen LogP contribution >= 0.6 is 0 Å². The summed E-state index contributed by atoms with van der Waals surface area (Å²) in [5.41, 5.74) is 5.45. The maximum absolute atomic E-state index is 11.2. The minimum Gasteiger partial charge on any atom is -0.392 e. The molecule has 2 atom stereocenters. The van der Waals surface area contributed by atoms with Crippen LogP contribution in [0, 0.1) is 0 Å². The fourth-order valence-electron chi connectivity index (χ4n) is 0.852. The van der Waals surface area contributed by atoms with Gasteiger partial charge in [0.15, 0.2) is 0 Å². The number of aliphatic hydroxyl groups is 1. The van der Waals surface area contributed by atoms with E-state index in [1.54, 1.807) is 0 Å². The summed E-state index contributed by atoms with van der Waals surface area (Å²) >= 11 is 0. The zero-order chi connectivity index (χ0) is 12.1. The predicted molar refractivity (Wildman–Crippen MR) is 57.0 cm³/mol. The Labute approximate surface area is 89.8 Å². The monoisotopic (exact) mass is 238 g/mol. The first-order valence-electron chi connectivity index (χ1n) is 4.61. The molecule has 7 heteroatoms. The number of hydrogen-bond donors (Lipinski definition) is 3. The summed E-state index contributed by atoms with van der Waals surface area (Å²) in [6.07, 6.45) is 0.536. The Morgan fingerprint density at radius 3 is 2.47 bits per heavy atom. The number of sulfone groups is 1. The second kappa shape index (κ2) is 6.04. The molecule has 0 aromatic carbocycles. The van der Waals surface area contributed by atoms with Gasteiger partial charge in [-0.05, 0) is 13.3 Å². The van der Waals surface area contributed by atoms with Crippen molar-refractivity contribution in [3.05, 3.63) is 0 Å². The molecule has 90 valence electrons.